The van der Waals surface area contributed by atoms with Crippen LogP contribution in [0.2, 0.25) is 0 Å². The minimum absolute atomic E-state index is 0.0615. The summed E-state index contributed by atoms with van der Waals surface area (Å²) in [5.41, 5.74) is 2.92. The predicted octanol–water partition coefficient (Wildman–Crippen LogP) is 3.35. The zero-order valence-corrected chi connectivity index (χ0v) is 12.0. The van der Waals surface area contributed by atoms with E-state index in [0.29, 0.717) is 5.92 Å². The van der Waals surface area contributed by atoms with Gasteiger partial charge in [0, 0.05) is 24.3 Å². The molecule has 0 radical (unpaired) electrons. The van der Waals surface area contributed by atoms with Crippen molar-refractivity contribution >= 4 is 11.6 Å². The number of aryl methyl sites for hydroxylation is 1. The van der Waals surface area contributed by atoms with E-state index in [9.17, 15) is 4.79 Å². The van der Waals surface area contributed by atoms with Crippen molar-refractivity contribution in [3.63, 3.8) is 0 Å². The Hall–Kier alpha value is -1.51. The average molecular weight is 260 g/mol. The molecule has 0 unspecified atom stereocenters. The Morgan fingerprint density at radius 3 is 2.74 bits per heavy atom. The largest absolute Gasteiger partial charge is 0.385 e. The lowest BCUT2D eigenvalue weighted by atomic mass is 9.85. The summed E-state index contributed by atoms with van der Waals surface area (Å²) in [6.07, 6.45) is 4.94. The fourth-order valence-electron chi connectivity index (χ4n) is 2.33. The van der Waals surface area contributed by atoms with Gasteiger partial charge in [-0.05, 0) is 55.9 Å². The number of hydrogen-bond acceptors (Lipinski definition) is 2. The number of amides is 1. The highest BCUT2D eigenvalue weighted by Gasteiger charge is 2.18. The molecular weight excluding hydrogens is 236 g/mol. The van der Waals surface area contributed by atoms with Gasteiger partial charge in [-0.3, -0.25) is 4.79 Å². The highest BCUT2D eigenvalue weighted by atomic mass is 16.1. The highest BCUT2D eigenvalue weighted by molar-refractivity contribution is 5.96. The maximum Gasteiger partial charge on any atom is 0.251 e. The fourth-order valence-corrected chi connectivity index (χ4v) is 2.33. The number of benzene rings is 1. The normalized spacial score (nSPS) is 14.8. The molecule has 104 valence electrons. The Kier molecular flexibility index (Phi) is 4.83. The molecule has 1 aromatic rings. The molecule has 0 heterocycles. The van der Waals surface area contributed by atoms with Crippen LogP contribution in [-0.2, 0) is 0 Å². The maximum absolute atomic E-state index is 12.1. The molecule has 0 spiro atoms. The van der Waals surface area contributed by atoms with E-state index >= 15 is 0 Å². The van der Waals surface area contributed by atoms with E-state index in [1.807, 2.05) is 25.1 Å². The van der Waals surface area contributed by atoms with Crippen LogP contribution in [0, 0.1) is 12.8 Å². The quantitative estimate of drug-likeness (QED) is 0.823. The van der Waals surface area contributed by atoms with Crippen LogP contribution in [0.1, 0.15) is 48.5 Å². The smallest absolute Gasteiger partial charge is 0.251 e. The minimum Gasteiger partial charge on any atom is -0.385 e. The van der Waals surface area contributed by atoms with Gasteiger partial charge in [0.05, 0.1) is 0 Å². The SMILES string of the molecule is CCCNc1ccc(C(=O)NCC2CCC2)c(C)c1. The first-order valence-electron chi connectivity index (χ1n) is 7.33. The van der Waals surface area contributed by atoms with E-state index in [1.165, 1.54) is 19.3 Å². The van der Waals surface area contributed by atoms with Crippen LogP contribution in [0.25, 0.3) is 0 Å². The van der Waals surface area contributed by atoms with Crippen LogP contribution >= 0.6 is 0 Å². The standard InChI is InChI=1S/C16H24N2O/c1-3-9-17-14-7-8-15(12(2)10-14)16(19)18-11-13-5-4-6-13/h7-8,10,13,17H,3-6,9,11H2,1-2H3,(H,18,19). The van der Waals surface area contributed by atoms with Gasteiger partial charge in [-0.15, -0.1) is 0 Å². The van der Waals surface area contributed by atoms with Gasteiger partial charge < -0.3 is 10.6 Å². The van der Waals surface area contributed by atoms with Crippen LogP contribution in [-0.4, -0.2) is 19.0 Å². The monoisotopic (exact) mass is 260 g/mol. The summed E-state index contributed by atoms with van der Waals surface area (Å²) in [7, 11) is 0. The third kappa shape index (κ3) is 3.72. The van der Waals surface area contributed by atoms with Crippen LogP contribution in [0.4, 0.5) is 5.69 Å². The molecule has 3 heteroatoms. The van der Waals surface area contributed by atoms with Gasteiger partial charge in [0.25, 0.3) is 5.91 Å². The molecular formula is C16H24N2O. The Morgan fingerprint density at radius 2 is 2.16 bits per heavy atom. The third-order valence-corrected chi connectivity index (χ3v) is 3.83. The first kappa shape index (κ1) is 13.9. The summed E-state index contributed by atoms with van der Waals surface area (Å²) < 4.78 is 0. The van der Waals surface area contributed by atoms with E-state index in [-0.39, 0.29) is 5.91 Å². The fraction of sp³-hybridized carbons (Fsp3) is 0.562. The van der Waals surface area contributed by atoms with Crippen molar-refractivity contribution in [2.75, 3.05) is 18.4 Å². The minimum atomic E-state index is 0.0615. The second-order valence-electron chi connectivity index (χ2n) is 5.46. The van der Waals surface area contributed by atoms with Crippen molar-refractivity contribution in [3.05, 3.63) is 29.3 Å². The van der Waals surface area contributed by atoms with E-state index in [0.717, 1.165) is 36.3 Å². The summed E-state index contributed by atoms with van der Waals surface area (Å²) in [5, 5.41) is 6.38. The highest BCUT2D eigenvalue weighted by Crippen LogP contribution is 2.25. The van der Waals surface area contributed by atoms with Crippen LogP contribution in [0.3, 0.4) is 0 Å². The number of hydrogen-bond donors (Lipinski definition) is 2. The Bertz CT molecular complexity index is 438. The van der Waals surface area contributed by atoms with Gasteiger partial charge in [0.15, 0.2) is 0 Å². The summed E-state index contributed by atoms with van der Waals surface area (Å²) in [6, 6.07) is 5.96. The first-order chi connectivity index (χ1) is 9.20. The summed E-state index contributed by atoms with van der Waals surface area (Å²) in [6.45, 7) is 5.93. The molecule has 0 bridgehead atoms. The molecule has 1 amide bonds. The number of carbonyl (C=O) groups excluding carboxylic acids is 1. The number of anilines is 1. The summed E-state index contributed by atoms with van der Waals surface area (Å²) in [5.74, 6) is 0.765. The van der Waals surface area contributed by atoms with Gasteiger partial charge in [-0.1, -0.05) is 13.3 Å². The topological polar surface area (TPSA) is 41.1 Å². The van der Waals surface area contributed by atoms with E-state index in [4.69, 9.17) is 0 Å². The molecule has 1 fully saturated rings. The van der Waals surface area contributed by atoms with Crippen molar-refractivity contribution in [2.24, 2.45) is 5.92 Å². The van der Waals surface area contributed by atoms with Gasteiger partial charge in [-0.25, -0.2) is 0 Å². The lowest BCUT2D eigenvalue weighted by molar-refractivity contribution is 0.0938. The summed E-state index contributed by atoms with van der Waals surface area (Å²) >= 11 is 0. The Balaban J connectivity index is 1.92. The van der Waals surface area contributed by atoms with E-state index < -0.39 is 0 Å². The van der Waals surface area contributed by atoms with Gasteiger partial charge in [0.1, 0.15) is 0 Å². The third-order valence-electron chi connectivity index (χ3n) is 3.83. The molecule has 1 aliphatic carbocycles. The van der Waals surface area contributed by atoms with Crippen molar-refractivity contribution in [1.29, 1.82) is 0 Å². The lowest BCUT2D eigenvalue weighted by Gasteiger charge is -2.25. The molecule has 3 nitrogen and oxygen atoms in total. The van der Waals surface area contributed by atoms with Crippen LogP contribution < -0.4 is 10.6 Å². The molecule has 0 atom stereocenters. The number of carbonyl (C=O) groups is 1. The number of nitrogens with one attached hydrogen (secondary N) is 2. The molecule has 1 aromatic carbocycles. The maximum atomic E-state index is 12.1. The molecule has 19 heavy (non-hydrogen) atoms. The molecule has 0 aliphatic heterocycles. The second-order valence-corrected chi connectivity index (χ2v) is 5.46. The number of rotatable bonds is 6. The van der Waals surface area contributed by atoms with Crippen molar-refractivity contribution < 1.29 is 4.79 Å². The molecule has 1 saturated carbocycles. The van der Waals surface area contributed by atoms with E-state index in [1.54, 1.807) is 0 Å². The van der Waals surface area contributed by atoms with Gasteiger partial charge in [0.2, 0.25) is 0 Å². The molecule has 2 N–H and O–H groups in total. The Morgan fingerprint density at radius 1 is 1.37 bits per heavy atom. The molecule has 0 aromatic heterocycles. The molecule has 2 rings (SSSR count). The zero-order valence-electron chi connectivity index (χ0n) is 12.0. The Labute approximate surface area is 115 Å². The predicted molar refractivity (Wildman–Crippen MR) is 79.6 cm³/mol. The molecule has 0 saturated heterocycles. The van der Waals surface area contributed by atoms with Gasteiger partial charge >= 0.3 is 0 Å². The average Bonchev–Trinajstić information content (AvgIpc) is 2.34. The van der Waals surface area contributed by atoms with Crippen molar-refractivity contribution in [3.8, 4) is 0 Å². The van der Waals surface area contributed by atoms with Crippen molar-refractivity contribution in [2.45, 2.75) is 39.5 Å². The molecule has 1 aliphatic rings. The summed E-state index contributed by atoms with van der Waals surface area (Å²) in [4.78, 5) is 12.1. The lowest BCUT2D eigenvalue weighted by Crippen LogP contribution is -2.32. The van der Waals surface area contributed by atoms with Gasteiger partial charge in [-0.2, -0.15) is 0 Å². The first-order valence-corrected chi connectivity index (χ1v) is 7.33. The van der Waals surface area contributed by atoms with E-state index in [2.05, 4.69) is 17.6 Å². The van der Waals surface area contributed by atoms with Crippen molar-refractivity contribution in [1.82, 2.24) is 5.32 Å². The second kappa shape index (κ2) is 6.60. The van der Waals surface area contributed by atoms with Crippen LogP contribution in [0.15, 0.2) is 18.2 Å². The zero-order chi connectivity index (χ0) is 13.7. The van der Waals surface area contributed by atoms with Crippen LogP contribution in [0.5, 0.6) is 0 Å².